The van der Waals surface area contributed by atoms with Crippen molar-refractivity contribution in [3.05, 3.63) is 0 Å². The average Bonchev–Trinajstić information content (AvgIpc) is 2.53. The molecule has 2 bridgehead atoms. The molecule has 0 spiro atoms. The van der Waals surface area contributed by atoms with Crippen LogP contribution in [0.5, 0.6) is 0 Å². The van der Waals surface area contributed by atoms with Gasteiger partial charge in [0.25, 0.3) is 0 Å². The Kier molecular flexibility index (Phi) is 6.80. The summed E-state index contributed by atoms with van der Waals surface area (Å²) >= 11 is 4.06. The van der Waals surface area contributed by atoms with Crippen LogP contribution >= 0.6 is 15.9 Å². The standard InChI is InChI=1S/C19H34BrNO4Si/c1-6-21-14-17(16(23)24-7-2)10-8-11-18(20,15-21)19(17,12-9-13-22)25-26(3,4)5/h13H,6-12,14-15H2,1-5H3/t17-,18-,19-/m0/s1. The molecule has 3 atom stereocenters. The average molecular weight is 448 g/mol. The number of esters is 1. The lowest BCUT2D eigenvalue weighted by atomic mass is 9.54. The SMILES string of the molecule is CCOC(=O)[C@]12CCC[C@](Br)(CN(CC)C1)[C@@]2(CCC=O)O[Si](C)(C)C. The highest BCUT2D eigenvalue weighted by Crippen LogP contribution is 2.62. The summed E-state index contributed by atoms with van der Waals surface area (Å²) in [4.78, 5) is 27.0. The summed E-state index contributed by atoms with van der Waals surface area (Å²) < 4.78 is 12.2. The molecule has 0 amide bonds. The monoisotopic (exact) mass is 447 g/mol. The van der Waals surface area contributed by atoms with Crippen molar-refractivity contribution < 1.29 is 18.8 Å². The van der Waals surface area contributed by atoms with E-state index in [0.29, 0.717) is 26.0 Å². The van der Waals surface area contributed by atoms with Gasteiger partial charge in [-0.05, 0) is 52.4 Å². The fourth-order valence-electron chi connectivity index (χ4n) is 5.02. The van der Waals surface area contributed by atoms with Crippen LogP contribution < -0.4 is 0 Å². The Bertz CT molecular complexity index is 540. The van der Waals surface area contributed by atoms with Crippen molar-refractivity contribution in [2.75, 3.05) is 26.2 Å². The third-order valence-electron chi connectivity index (χ3n) is 5.85. The maximum atomic E-state index is 13.4. The van der Waals surface area contributed by atoms with Crippen LogP contribution in [0, 0.1) is 5.41 Å². The fourth-order valence-corrected chi connectivity index (χ4v) is 8.00. The summed E-state index contributed by atoms with van der Waals surface area (Å²) in [6.07, 6.45) is 4.55. The number of carbonyl (C=O) groups excluding carboxylic acids is 2. The van der Waals surface area contributed by atoms with E-state index >= 15 is 0 Å². The van der Waals surface area contributed by atoms with Gasteiger partial charge in [0, 0.05) is 19.5 Å². The number of nitrogens with zero attached hydrogens (tertiary/aromatic N) is 1. The van der Waals surface area contributed by atoms with Gasteiger partial charge < -0.3 is 18.9 Å². The topological polar surface area (TPSA) is 55.8 Å². The smallest absolute Gasteiger partial charge is 0.316 e. The van der Waals surface area contributed by atoms with Crippen LogP contribution in [0.2, 0.25) is 19.6 Å². The lowest BCUT2D eigenvalue weighted by Gasteiger charge is -2.66. The highest BCUT2D eigenvalue weighted by Gasteiger charge is 2.72. The third kappa shape index (κ3) is 3.69. The molecule has 1 saturated carbocycles. The molecule has 150 valence electrons. The summed E-state index contributed by atoms with van der Waals surface area (Å²) in [5.41, 5.74) is -1.44. The fraction of sp³-hybridized carbons (Fsp3) is 0.895. The first-order valence-electron chi connectivity index (χ1n) is 9.82. The number of piperidine rings is 1. The van der Waals surface area contributed by atoms with Gasteiger partial charge in [0.1, 0.15) is 11.7 Å². The van der Waals surface area contributed by atoms with Crippen molar-refractivity contribution in [3.8, 4) is 0 Å². The van der Waals surface area contributed by atoms with E-state index in [1.807, 2.05) is 6.92 Å². The molecule has 2 fully saturated rings. The number of fused-ring (bicyclic) bond motifs is 2. The van der Waals surface area contributed by atoms with Gasteiger partial charge in [-0.1, -0.05) is 29.3 Å². The van der Waals surface area contributed by atoms with E-state index in [1.54, 1.807) is 0 Å². The predicted molar refractivity (Wildman–Crippen MR) is 109 cm³/mol. The van der Waals surface area contributed by atoms with Crippen LogP contribution in [0.1, 0.15) is 46.0 Å². The molecule has 1 aliphatic carbocycles. The minimum atomic E-state index is -2.00. The van der Waals surface area contributed by atoms with Crippen molar-refractivity contribution in [1.29, 1.82) is 0 Å². The number of rotatable bonds is 8. The highest BCUT2D eigenvalue weighted by molar-refractivity contribution is 9.10. The quantitative estimate of drug-likeness (QED) is 0.245. The minimum Gasteiger partial charge on any atom is -0.465 e. The number of likely N-dealkylation sites (tertiary alicyclic amines) is 1. The number of halogens is 1. The number of hydrogen-bond donors (Lipinski definition) is 0. The minimum absolute atomic E-state index is 0.161. The molecule has 26 heavy (non-hydrogen) atoms. The molecule has 0 radical (unpaired) electrons. The lowest BCUT2D eigenvalue weighted by Crippen LogP contribution is -2.78. The van der Waals surface area contributed by atoms with E-state index in [1.165, 1.54) is 0 Å². The number of aldehydes is 1. The summed E-state index contributed by atoms with van der Waals surface area (Å²) in [6, 6.07) is 0. The molecule has 7 heteroatoms. The Morgan fingerprint density at radius 3 is 2.46 bits per heavy atom. The summed E-state index contributed by atoms with van der Waals surface area (Å²) in [5.74, 6) is -0.161. The second kappa shape index (κ2) is 8.01. The lowest BCUT2D eigenvalue weighted by molar-refractivity contribution is -0.204. The van der Waals surface area contributed by atoms with Crippen LogP contribution in [-0.4, -0.2) is 61.6 Å². The first kappa shape index (κ1) is 22.1. The van der Waals surface area contributed by atoms with Crippen molar-refractivity contribution in [2.24, 2.45) is 5.41 Å². The normalized spacial score (nSPS) is 35.2. The van der Waals surface area contributed by atoms with E-state index in [4.69, 9.17) is 9.16 Å². The van der Waals surface area contributed by atoms with E-state index in [-0.39, 0.29) is 10.3 Å². The number of hydrogen-bond acceptors (Lipinski definition) is 5. The first-order chi connectivity index (χ1) is 12.1. The van der Waals surface area contributed by atoms with Gasteiger partial charge in [-0.3, -0.25) is 4.79 Å². The van der Waals surface area contributed by atoms with Crippen LogP contribution in [0.15, 0.2) is 0 Å². The molecular weight excluding hydrogens is 414 g/mol. The molecule has 2 rings (SSSR count). The molecule has 2 aliphatic rings. The Morgan fingerprint density at radius 1 is 1.23 bits per heavy atom. The van der Waals surface area contributed by atoms with Gasteiger partial charge in [0.2, 0.25) is 0 Å². The van der Waals surface area contributed by atoms with Crippen molar-refractivity contribution in [1.82, 2.24) is 4.90 Å². The van der Waals surface area contributed by atoms with E-state index in [2.05, 4.69) is 47.4 Å². The molecule has 0 aromatic heterocycles. The van der Waals surface area contributed by atoms with E-state index in [9.17, 15) is 9.59 Å². The van der Waals surface area contributed by atoms with Crippen LogP contribution in [0.3, 0.4) is 0 Å². The summed E-state index contributed by atoms with van der Waals surface area (Å²) in [7, 11) is -2.00. The van der Waals surface area contributed by atoms with Gasteiger partial charge in [0.15, 0.2) is 8.32 Å². The molecule has 5 nitrogen and oxygen atoms in total. The number of carbonyl (C=O) groups is 2. The second-order valence-corrected chi connectivity index (χ2v) is 14.6. The Balaban J connectivity index is 2.67. The molecular formula is C19H34BrNO4Si. The number of alkyl halides is 1. The summed E-state index contributed by atoms with van der Waals surface area (Å²) in [6.45, 7) is 13.2. The zero-order valence-corrected chi connectivity index (χ0v) is 19.5. The zero-order chi connectivity index (χ0) is 19.6. The molecule has 1 saturated heterocycles. The van der Waals surface area contributed by atoms with Crippen molar-refractivity contribution in [2.45, 2.75) is 75.5 Å². The van der Waals surface area contributed by atoms with Gasteiger partial charge >= 0.3 is 5.97 Å². The molecule has 0 unspecified atom stereocenters. The van der Waals surface area contributed by atoms with Gasteiger partial charge in [0.05, 0.1) is 16.5 Å². The van der Waals surface area contributed by atoms with Crippen molar-refractivity contribution >= 4 is 36.5 Å². The van der Waals surface area contributed by atoms with Crippen LogP contribution in [-0.2, 0) is 18.8 Å². The van der Waals surface area contributed by atoms with Gasteiger partial charge in [-0.15, -0.1) is 0 Å². The summed E-state index contributed by atoms with van der Waals surface area (Å²) in [5, 5.41) is 0. The van der Waals surface area contributed by atoms with Gasteiger partial charge in [-0.2, -0.15) is 0 Å². The maximum absolute atomic E-state index is 13.4. The highest BCUT2D eigenvalue weighted by atomic mass is 79.9. The first-order valence-corrected chi connectivity index (χ1v) is 14.0. The molecule has 1 aliphatic heterocycles. The van der Waals surface area contributed by atoms with Gasteiger partial charge in [-0.25, -0.2) is 0 Å². The zero-order valence-electron chi connectivity index (χ0n) is 16.9. The Morgan fingerprint density at radius 2 is 1.92 bits per heavy atom. The molecule has 0 aromatic rings. The van der Waals surface area contributed by atoms with E-state index < -0.39 is 19.3 Å². The van der Waals surface area contributed by atoms with E-state index in [0.717, 1.165) is 38.6 Å². The Hall–Kier alpha value is -0.243. The third-order valence-corrected chi connectivity index (χ3v) is 8.10. The van der Waals surface area contributed by atoms with Crippen molar-refractivity contribution in [3.63, 3.8) is 0 Å². The molecule has 0 N–H and O–H groups in total. The Labute approximate surface area is 167 Å². The largest absolute Gasteiger partial charge is 0.465 e. The number of ether oxygens (including phenoxy) is 1. The molecule has 0 aromatic carbocycles. The molecule has 1 heterocycles. The van der Waals surface area contributed by atoms with Crippen LogP contribution in [0.25, 0.3) is 0 Å². The predicted octanol–water partition coefficient (Wildman–Crippen LogP) is 3.76. The van der Waals surface area contributed by atoms with Crippen LogP contribution in [0.4, 0.5) is 0 Å². The second-order valence-electron chi connectivity index (χ2n) is 8.67. The maximum Gasteiger partial charge on any atom is 0.316 e.